The molecule has 10 heteroatoms. The van der Waals surface area contributed by atoms with E-state index in [4.69, 9.17) is 4.74 Å². The minimum atomic E-state index is -0.285. The lowest BCUT2D eigenvalue weighted by Gasteiger charge is -2.18. The number of ether oxygens (including phenoxy) is 1. The van der Waals surface area contributed by atoms with E-state index < -0.39 is 0 Å². The van der Waals surface area contributed by atoms with Gasteiger partial charge in [-0.25, -0.2) is 4.39 Å². The van der Waals surface area contributed by atoms with Gasteiger partial charge in [-0.05, 0) is 82.1 Å². The van der Waals surface area contributed by atoms with E-state index >= 15 is 0 Å². The lowest BCUT2D eigenvalue weighted by molar-refractivity contribution is -0.105. The van der Waals surface area contributed by atoms with E-state index in [0.717, 1.165) is 17.8 Å². The van der Waals surface area contributed by atoms with Crippen LogP contribution in [0.1, 0.15) is 70.0 Å². The number of halogens is 1. The molecule has 4 rings (SSSR count). The number of fused-ring (bicyclic) bond motifs is 1. The molecule has 4 aromatic rings. The van der Waals surface area contributed by atoms with Crippen LogP contribution >= 0.6 is 0 Å². The molecule has 9 nitrogen and oxygen atoms in total. The number of rotatable bonds is 10. The van der Waals surface area contributed by atoms with E-state index in [1.165, 1.54) is 6.07 Å². The van der Waals surface area contributed by atoms with Gasteiger partial charge in [0.05, 0.1) is 22.9 Å². The third-order valence-corrected chi connectivity index (χ3v) is 6.24. The second-order valence-electron chi connectivity index (χ2n) is 10.4. The van der Waals surface area contributed by atoms with Gasteiger partial charge in [-0.15, -0.1) is 0 Å². The van der Waals surface area contributed by atoms with Crippen molar-refractivity contribution in [3.05, 3.63) is 77.5 Å². The maximum Gasteiger partial charge on any atom is 0.251 e. The van der Waals surface area contributed by atoms with E-state index in [0.29, 0.717) is 59.4 Å². The van der Waals surface area contributed by atoms with Crippen LogP contribution in [0.25, 0.3) is 10.9 Å². The molecule has 2 heterocycles. The van der Waals surface area contributed by atoms with Crippen molar-refractivity contribution >= 4 is 28.9 Å². The number of nitrogens with one attached hydrogen (secondary N) is 3. The number of hydrogen-bond donors (Lipinski definition) is 3. The van der Waals surface area contributed by atoms with Crippen molar-refractivity contribution < 1.29 is 18.7 Å². The van der Waals surface area contributed by atoms with Gasteiger partial charge in [-0.3, -0.25) is 19.3 Å². The summed E-state index contributed by atoms with van der Waals surface area (Å²) in [5.74, 6) is 0.540. The fourth-order valence-electron chi connectivity index (χ4n) is 3.95. The number of hydrogen-bond acceptors (Lipinski definition) is 6. The number of pyridine rings is 1. The van der Waals surface area contributed by atoms with Crippen LogP contribution in [0.5, 0.6) is 11.5 Å². The van der Waals surface area contributed by atoms with E-state index in [1.807, 2.05) is 55.4 Å². The van der Waals surface area contributed by atoms with Gasteiger partial charge in [-0.1, -0.05) is 27.7 Å². The molecule has 2 amide bonds. The zero-order valence-electron chi connectivity index (χ0n) is 26.5. The Balaban J connectivity index is 0.000000385. The second kappa shape index (κ2) is 17.0. The summed E-state index contributed by atoms with van der Waals surface area (Å²) in [7, 11) is 0. The number of likely N-dealkylation sites (N-methyl/N-ethyl adjacent to an activating group) is 1. The van der Waals surface area contributed by atoms with Crippen LogP contribution in [-0.2, 0) is 16.8 Å². The van der Waals surface area contributed by atoms with Crippen LogP contribution in [0.4, 0.5) is 10.1 Å². The van der Waals surface area contributed by atoms with E-state index in [1.54, 1.807) is 53.6 Å². The van der Waals surface area contributed by atoms with Crippen LogP contribution in [0.3, 0.4) is 0 Å². The van der Waals surface area contributed by atoms with Gasteiger partial charge in [0.1, 0.15) is 17.3 Å². The molecule has 0 aliphatic carbocycles. The molecule has 0 fully saturated rings. The largest absolute Gasteiger partial charge is 0.456 e. The number of carbonyl (C=O) groups is 2. The molecule has 0 bridgehead atoms. The van der Waals surface area contributed by atoms with E-state index in [9.17, 15) is 14.0 Å². The molecule has 0 aliphatic heterocycles. The molecule has 3 N–H and O–H groups in total. The molecular formula is C33H45FN6O3. The molecule has 0 atom stereocenters. The van der Waals surface area contributed by atoms with Crippen molar-refractivity contribution in [3.63, 3.8) is 0 Å². The van der Waals surface area contributed by atoms with E-state index in [2.05, 4.69) is 26.0 Å². The van der Waals surface area contributed by atoms with Gasteiger partial charge in [0.2, 0.25) is 6.41 Å². The monoisotopic (exact) mass is 592 g/mol. The quantitative estimate of drug-likeness (QED) is 0.141. The normalized spacial score (nSPS) is 10.6. The molecule has 0 spiro atoms. The SMILES string of the molecule is CC.CC(C)(C)n1cc(NC=O)cn1.CCNCCNC(=O)c1ccc2nccc(Oc3cc(F)c(CC)cc3C)c2c1. The van der Waals surface area contributed by atoms with Crippen LogP contribution in [0.2, 0.25) is 0 Å². The van der Waals surface area contributed by atoms with Gasteiger partial charge in [-0.2, -0.15) is 5.10 Å². The summed E-state index contributed by atoms with van der Waals surface area (Å²) in [6.45, 7) is 18.1. The molecule has 0 saturated heterocycles. The summed E-state index contributed by atoms with van der Waals surface area (Å²) in [4.78, 5) is 26.9. The lowest BCUT2D eigenvalue weighted by atomic mass is 10.1. The minimum Gasteiger partial charge on any atom is -0.456 e. The summed E-state index contributed by atoms with van der Waals surface area (Å²) in [6.07, 6.45) is 6.33. The molecular weight excluding hydrogens is 547 g/mol. The highest BCUT2D eigenvalue weighted by molar-refractivity contribution is 5.99. The Kier molecular flexibility index (Phi) is 13.8. The number of carbonyl (C=O) groups excluding carboxylic acids is 2. The first-order chi connectivity index (χ1) is 20.6. The predicted molar refractivity (Wildman–Crippen MR) is 171 cm³/mol. The van der Waals surface area contributed by atoms with Gasteiger partial charge in [0.25, 0.3) is 5.91 Å². The van der Waals surface area contributed by atoms with Crippen LogP contribution < -0.4 is 20.7 Å². The van der Waals surface area contributed by atoms with Crippen LogP contribution in [-0.4, -0.2) is 46.7 Å². The third kappa shape index (κ3) is 10.2. The Bertz CT molecular complexity index is 1480. The van der Waals surface area contributed by atoms with Gasteiger partial charge in [0, 0.05) is 42.5 Å². The van der Waals surface area contributed by atoms with Crippen molar-refractivity contribution in [2.24, 2.45) is 0 Å². The van der Waals surface area contributed by atoms with Gasteiger partial charge >= 0.3 is 0 Å². The van der Waals surface area contributed by atoms with Crippen molar-refractivity contribution in [1.29, 1.82) is 0 Å². The number of amides is 2. The smallest absolute Gasteiger partial charge is 0.251 e. The molecule has 0 unspecified atom stereocenters. The van der Waals surface area contributed by atoms with Crippen molar-refractivity contribution in [1.82, 2.24) is 25.4 Å². The van der Waals surface area contributed by atoms with Crippen LogP contribution in [0.15, 0.2) is 55.0 Å². The molecule has 2 aromatic heterocycles. The summed E-state index contributed by atoms with van der Waals surface area (Å²) in [5.41, 5.74) is 3.42. The maximum atomic E-state index is 14.2. The highest BCUT2D eigenvalue weighted by Gasteiger charge is 2.14. The van der Waals surface area contributed by atoms with Crippen molar-refractivity contribution in [3.8, 4) is 11.5 Å². The third-order valence-electron chi connectivity index (χ3n) is 6.24. The highest BCUT2D eigenvalue weighted by Crippen LogP contribution is 2.32. The topological polar surface area (TPSA) is 110 Å². The molecule has 0 saturated carbocycles. The highest BCUT2D eigenvalue weighted by atomic mass is 19.1. The summed E-state index contributed by atoms with van der Waals surface area (Å²) < 4.78 is 22.1. The average Bonchev–Trinajstić information content (AvgIpc) is 3.48. The number of aromatic nitrogens is 3. The zero-order valence-corrected chi connectivity index (χ0v) is 26.5. The summed E-state index contributed by atoms with van der Waals surface area (Å²) in [5, 5.41) is 13.4. The number of nitrogens with zero attached hydrogens (tertiary/aromatic N) is 3. The zero-order chi connectivity index (χ0) is 32.0. The molecule has 0 aliphatic rings. The van der Waals surface area contributed by atoms with E-state index in [-0.39, 0.29) is 17.3 Å². The maximum absolute atomic E-state index is 14.2. The molecule has 43 heavy (non-hydrogen) atoms. The molecule has 2 aromatic carbocycles. The summed E-state index contributed by atoms with van der Waals surface area (Å²) in [6, 6.07) is 10.2. The molecule has 0 radical (unpaired) electrons. The Morgan fingerprint density at radius 1 is 1.07 bits per heavy atom. The molecule has 232 valence electrons. The number of aryl methyl sites for hydroxylation is 2. The summed E-state index contributed by atoms with van der Waals surface area (Å²) >= 11 is 0. The van der Waals surface area contributed by atoms with Gasteiger partial charge < -0.3 is 20.7 Å². The number of anilines is 1. The average molecular weight is 593 g/mol. The van der Waals surface area contributed by atoms with Gasteiger partial charge in [0.15, 0.2) is 0 Å². The Hall–Kier alpha value is -4.31. The Morgan fingerprint density at radius 3 is 2.44 bits per heavy atom. The standard InChI is InChI=1S/C23H26FN3O2.C8H13N3O.C2H6/c1-4-16-12-15(3)22(14-19(16)24)29-21-8-9-26-20-7-6-17(13-18(20)21)23(28)27-11-10-25-5-2;1-8(2,3)11-5-7(4-10-11)9-6-12;1-2/h6-9,12-14,25H,4-5,10-11H2,1-3H3,(H,27,28);4-6H,1-3H3,(H,9,12);1-2H3. The van der Waals surface area contributed by atoms with Crippen LogP contribution in [0, 0.1) is 12.7 Å². The fraction of sp³-hybridized carbons (Fsp3) is 0.394. The van der Waals surface area contributed by atoms with Crippen molar-refractivity contribution in [2.75, 3.05) is 25.0 Å². The Morgan fingerprint density at radius 2 is 1.81 bits per heavy atom. The Labute approximate surface area is 254 Å². The van der Waals surface area contributed by atoms with Crippen molar-refractivity contribution in [2.45, 2.75) is 67.3 Å². The number of benzene rings is 2. The minimum absolute atomic E-state index is 0.0389. The predicted octanol–water partition coefficient (Wildman–Crippen LogP) is 6.61. The first-order valence-corrected chi connectivity index (χ1v) is 14.7. The lowest BCUT2D eigenvalue weighted by Crippen LogP contribution is -2.31. The first kappa shape index (κ1) is 34.9. The first-order valence-electron chi connectivity index (χ1n) is 14.7. The second-order valence-corrected chi connectivity index (χ2v) is 10.4. The fourth-order valence-corrected chi connectivity index (χ4v) is 3.95.